The molecule has 8 heteroatoms. The molecule has 2 saturated heterocycles. The number of carbonyl (C=O) groups excluding carboxylic acids is 1. The van der Waals surface area contributed by atoms with Gasteiger partial charge in [0.1, 0.15) is 5.75 Å². The summed E-state index contributed by atoms with van der Waals surface area (Å²) in [5.41, 5.74) is 7.89. The number of fused-ring (bicyclic) bond motifs is 1. The summed E-state index contributed by atoms with van der Waals surface area (Å²) < 4.78 is 11.7. The van der Waals surface area contributed by atoms with Gasteiger partial charge in [0.2, 0.25) is 5.91 Å². The molecule has 3 aliphatic heterocycles. The van der Waals surface area contributed by atoms with E-state index in [0.717, 1.165) is 94.2 Å². The second-order valence-corrected chi connectivity index (χ2v) is 11.2. The fourth-order valence-electron chi connectivity index (χ4n) is 6.45. The molecule has 3 N–H and O–H groups in total. The average Bonchev–Trinajstić information content (AvgIpc) is 3.54. The standard InChI is InChI=1S/C30H47N3O5/c1-2-3-15-32(16-6-5-14-31)28(34)21-33-20-25(22-9-12-27-23(19-22)13-18-38-27)29(30(35)36)26(33)11-10-24-8-4-7-17-37-24/h9,12,19,24-26,29H,2-8,10-11,13-18,20-21,31H2,1H3,(H,35,36). The Balaban J connectivity index is 1.54. The molecule has 0 bridgehead atoms. The smallest absolute Gasteiger partial charge is 0.308 e. The topological polar surface area (TPSA) is 105 Å². The number of rotatable bonds is 14. The van der Waals surface area contributed by atoms with Crippen LogP contribution in [0.3, 0.4) is 0 Å². The van der Waals surface area contributed by atoms with E-state index in [1.165, 1.54) is 0 Å². The van der Waals surface area contributed by atoms with Gasteiger partial charge in [0, 0.05) is 44.6 Å². The van der Waals surface area contributed by atoms with E-state index in [1.807, 2.05) is 17.0 Å². The lowest BCUT2D eigenvalue weighted by molar-refractivity contribution is -0.144. The largest absolute Gasteiger partial charge is 0.493 e. The molecular formula is C30H47N3O5. The quantitative estimate of drug-likeness (QED) is 0.353. The summed E-state index contributed by atoms with van der Waals surface area (Å²) in [6.45, 7) is 6.51. The minimum absolute atomic E-state index is 0.0986. The number of likely N-dealkylation sites (tertiary alicyclic amines) is 1. The third kappa shape index (κ3) is 7.27. The average molecular weight is 530 g/mol. The Hall–Kier alpha value is -2.16. The first-order valence-corrected chi connectivity index (χ1v) is 14.8. The summed E-state index contributed by atoms with van der Waals surface area (Å²) in [7, 11) is 0. The molecule has 0 radical (unpaired) electrons. The van der Waals surface area contributed by atoms with Crippen molar-refractivity contribution >= 4 is 11.9 Å². The van der Waals surface area contributed by atoms with Gasteiger partial charge in [-0.1, -0.05) is 25.5 Å². The van der Waals surface area contributed by atoms with Crippen LogP contribution in [0, 0.1) is 5.92 Å². The number of unbranched alkanes of at least 4 members (excludes halogenated alkanes) is 2. The van der Waals surface area contributed by atoms with Crippen molar-refractivity contribution in [2.75, 3.05) is 45.9 Å². The van der Waals surface area contributed by atoms with Crippen LogP contribution in [0.5, 0.6) is 5.75 Å². The SMILES string of the molecule is CCCCN(CCCCN)C(=O)CN1CC(c2ccc3c(c2)CCO3)C(C(=O)O)C1CCC1CCCCO1. The Morgan fingerprint density at radius 3 is 2.71 bits per heavy atom. The molecule has 38 heavy (non-hydrogen) atoms. The number of amides is 1. The van der Waals surface area contributed by atoms with Gasteiger partial charge in [-0.3, -0.25) is 14.5 Å². The van der Waals surface area contributed by atoms with E-state index >= 15 is 0 Å². The van der Waals surface area contributed by atoms with Gasteiger partial charge in [-0.25, -0.2) is 0 Å². The summed E-state index contributed by atoms with van der Waals surface area (Å²) in [4.78, 5) is 30.5. The van der Waals surface area contributed by atoms with Gasteiger partial charge in [0.15, 0.2) is 0 Å². The van der Waals surface area contributed by atoms with E-state index in [2.05, 4.69) is 17.9 Å². The predicted molar refractivity (Wildman–Crippen MR) is 147 cm³/mol. The van der Waals surface area contributed by atoms with Gasteiger partial charge in [-0.2, -0.15) is 0 Å². The van der Waals surface area contributed by atoms with Crippen molar-refractivity contribution in [3.8, 4) is 5.75 Å². The number of ether oxygens (including phenoxy) is 2. The molecule has 0 aromatic heterocycles. The van der Waals surface area contributed by atoms with Crippen molar-refractivity contribution in [1.82, 2.24) is 9.80 Å². The van der Waals surface area contributed by atoms with Crippen molar-refractivity contribution in [3.63, 3.8) is 0 Å². The van der Waals surface area contributed by atoms with Crippen LogP contribution in [-0.2, 0) is 20.7 Å². The highest BCUT2D eigenvalue weighted by Gasteiger charge is 2.47. The van der Waals surface area contributed by atoms with Crippen LogP contribution in [0.2, 0.25) is 0 Å². The Bertz CT molecular complexity index is 919. The van der Waals surface area contributed by atoms with Crippen LogP contribution in [0.25, 0.3) is 0 Å². The van der Waals surface area contributed by atoms with Crippen molar-refractivity contribution in [3.05, 3.63) is 29.3 Å². The molecule has 1 aromatic carbocycles. The van der Waals surface area contributed by atoms with Gasteiger partial charge in [-0.15, -0.1) is 0 Å². The van der Waals surface area contributed by atoms with E-state index in [0.29, 0.717) is 26.2 Å². The monoisotopic (exact) mass is 529 g/mol. The van der Waals surface area contributed by atoms with E-state index < -0.39 is 11.9 Å². The molecule has 4 rings (SSSR count). The molecule has 1 amide bonds. The summed E-state index contributed by atoms with van der Waals surface area (Å²) in [5.74, 6) is -0.498. The Morgan fingerprint density at radius 2 is 1.97 bits per heavy atom. The number of nitrogens with zero attached hydrogens (tertiary/aromatic N) is 2. The number of carboxylic acids is 1. The zero-order chi connectivity index (χ0) is 26.9. The zero-order valence-corrected chi connectivity index (χ0v) is 23.1. The number of carbonyl (C=O) groups is 2. The maximum Gasteiger partial charge on any atom is 0.308 e. The first-order valence-electron chi connectivity index (χ1n) is 14.8. The van der Waals surface area contributed by atoms with Crippen LogP contribution in [0.15, 0.2) is 18.2 Å². The van der Waals surface area contributed by atoms with Crippen molar-refractivity contribution in [1.29, 1.82) is 0 Å². The van der Waals surface area contributed by atoms with Crippen molar-refractivity contribution in [2.45, 2.75) is 89.2 Å². The van der Waals surface area contributed by atoms with Gasteiger partial charge in [0.05, 0.1) is 25.2 Å². The summed E-state index contributed by atoms with van der Waals surface area (Å²) in [5, 5.41) is 10.5. The maximum absolute atomic E-state index is 13.6. The second-order valence-electron chi connectivity index (χ2n) is 11.2. The molecule has 8 nitrogen and oxygen atoms in total. The number of hydrogen-bond donors (Lipinski definition) is 2. The molecule has 2 fully saturated rings. The minimum atomic E-state index is -0.776. The molecule has 3 heterocycles. The minimum Gasteiger partial charge on any atom is -0.493 e. The lowest BCUT2D eigenvalue weighted by Gasteiger charge is -2.31. The first-order chi connectivity index (χ1) is 18.5. The summed E-state index contributed by atoms with van der Waals surface area (Å²) in [6.07, 6.45) is 9.67. The highest BCUT2D eigenvalue weighted by atomic mass is 16.5. The predicted octanol–water partition coefficient (Wildman–Crippen LogP) is 3.81. The lowest BCUT2D eigenvalue weighted by Crippen LogP contribution is -2.45. The number of benzene rings is 1. The first kappa shape index (κ1) is 28.8. The number of carboxylic acid groups (broad SMARTS) is 1. The maximum atomic E-state index is 13.6. The van der Waals surface area contributed by atoms with Crippen LogP contribution in [0.4, 0.5) is 0 Å². The molecule has 0 spiro atoms. The molecule has 1 aromatic rings. The second kappa shape index (κ2) is 14.3. The Morgan fingerprint density at radius 1 is 1.13 bits per heavy atom. The van der Waals surface area contributed by atoms with Crippen LogP contribution < -0.4 is 10.5 Å². The normalized spacial score (nSPS) is 25.2. The zero-order valence-electron chi connectivity index (χ0n) is 23.1. The Kier molecular flexibility index (Phi) is 10.8. The van der Waals surface area contributed by atoms with Gasteiger partial charge in [-0.05, 0) is 75.1 Å². The number of nitrogens with two attached hydrogens (primary N) is 1. The number of hydrogen-bond acceptors (Lipinski definition) is 6. The summed E-state index contributed by atoms with van der Waals surface area (Å²) >= 11 is 0. The van der Waals surface area contributed by atoms with Gasteiger partial charge < -0.3 is 25.2 Å². The van der Waals surface area contributed by atoms with Crippen LogP contribution in [0.1, 0.15) is 81.8 Å². The third-order valence-electron chi connectivity index (χ3n) is 8.59. The molecule has 3 aliphatic rings. The van der Waals surface area contributed by atoms with Crippen molar-refractivity contribution < 1.29 is 24.2 Å². The van der Waals surface area contributed by atoms with Crippen LogP contribution in [-0.4, -0.2) is 84.9 Å². The van der Waals surface area contributed by atoms with Gasteiger partial charge >= 0.3 is 5.97 Å². The summed E-state index contributed by atoms with van der Waals surface area (Å²) in [6, 6.07) is 5.95. The van der Waals surface area contributed by atoms with E-state index in [9.17, 15) is 14.7 Å². The van der Waals surface area contributed by atoms with Crippen molar-refractivity contribution in [2.24, 2.45) is 11.7 Å². The van der Waals surface area contributed by atoms with E-state index in [1.54, 1.807) is 0 Å². The lowest BCUT2D eigenvalue weighted by atomic mass is 9.82. The molecule has 4 atom stereocenters. The number of aliphatic carboxylic acids is 1. The fourth-order valence-corrected chi connectivity index (χ4v) is 6.45. The van der Waals surface area contributed by atoms with E-state index in [-0.39, 0.29) is 30.5 Å². The van der Waals surface area contributed by atoms with Crippen LogP contribution >= 0.6 is 0 Å². The van der Waals surface area contributed by atoms with E-state index in [4.69, 9.17) is 15.2 Å². The molecule has 4 unspecified atom stereocenters. The highest BCUT2D eigenvalue weighted by Crippen LogP contribution is 2.41. The highest BCUT2D eigenvalue weighted by molar-refractivity contribution is 5.79. The Labute approximate surface area is 227 Å². The molecule has 212 valence electrons. The molecule has 0 saturated carbocycles. The third-order valence-corrected chi connectivity index (χ3v) is 8.59. The molecular weight excluding hydrogens is 482 g/mol. The molecule has 0 aliphatic carbocycles. The van der Waals surface area contributed by atoms with Gasteiger partial charge in [0.25, 0.3) is 0 Å². The fraction of sp³-hybridized carbons (Fsp3) is 0.733.